The van der Waals surface area contributed by atoms with E-state index in [0.29, 0.717) is 0 Å². The summed E-state index contributed by atoms with van der Waals surface area (Å²) < 4.78 is 4.64. The fourth-order valence-electron chi connectivity index (χ4n) is 1.11. The first-order valence-corrected chi connectivity index (χ1v) is 4.27. The van der Waals surface area contributed by atoms with Crippen LogP contribution in [0.4, 0.5) is 5.69 Å². The quantitative estimate of drug-likeness (QED) is 0.438. The van der Waals surface area contributed by atoms with Gasteiger partial charge in [0.05, 0.1) is 4.92 Å². The van der Waals surface area contributed by atoms with Gasteiger partial charge in [0.1, 0.15) is 5.56 Å². The van der Waals surface area contributed by atoms with E-state index in [4.69, 9.17) is 5.11 Å². The average molecular weight is 241 g/mol. The minimum absolute atomic E-state index is 0.0983. The molecule has 0 amide bonds. The average Bonchev–Trinajstić information content (AvgIpc) is 2.26. The molecule has 0 aliphatic heterocycles. The van der Waals surface area contributed by atoms with E-state index in [1.165, 1.54) is 0 Å². The Hall–Kier alpha value is -2.64. The molecule has 1 aromatic rings. The van der Waals surface area contributed by atoms with Crippen molar-refractivity contribution in [3.05, 3.63) is 27.8 Å². The first-order valence-electron chi connectivity index (χ1n) is 4.27. The SMILES string of the molecule is O=Cc1c([N+](=O)[O-])ccc(OCC(=O)O)c1O. The lowest BCUT2D eigenvalue weighted by Gasteiger charge is -2.07. The van der Waals surface area contributed by atoms with Crippen LogP contribution in [-0.4, -0.2) is 34.0 Å². The van der Waals surface area contributed by atoms with Crippen molar-refractivity contribution < 1.29 is 29.5 Å². The van der Waals surface area contributed by atoms with Crippen molar-refractivity contribution >= 4 is 17.9 Å². The smallest absolute Gasteiger partial charge is 0.341 e. The van der Waals surface area contributed by atoms with Crippen LogP contribution in [0.15, 0.2) is 12.1 Å². The van der Waals surface area contributed by atoms with E-state index in [0.717, 1.165) is 12.1 Å². The van der Waals surface area contributed by atoms with E-state index in [1.54, 1.807) is 0 Å². The standard InChI is InChI=1S/C9H7NO7/c11-3-5-6(10(15)16)1-2-7(9(5)14)17-4-8(12)13/h1-3,14H,4H2,(H,12,13). The highest BCUT2D eigenvalue weighted by atomic mass is 16.6. The number of rotatable bonds is 5. The van der Waals surface area contributed by atoms with Gasteiger partial charge in [-0.3, -0.25) is 14.9 Å². The zero-order valence-corrected chi connectivity index (χ0v) is 8.32. The molecule has 1 rings (SSSR count). The molecule has 0 aliphatic rings. The maximum absolute atomic E-state index is 10.6. The van der Waals surface area contributed by atoms with Crippen molar-refractivity contribution in [1.29, 1.82) is 0 Å². The Bertz CT molecular complexity index is 482. The third kappa shape index (κ3) is 2.68. The topological polar surface area (TPSA) is 127 Å². The monoisotopic (exact) mass is 241 g/mol. The van der Waals surface area contributed by atoms with Crippen LogP contribution in [0.3, 0.4) is 0 Å². The second kappa shape index (κ2) is 4.92. The van der Waals surface area contributed by atoms with Gasteiger partial charge in [-0.2, -0.15) is 0 Å². The molecule has 0 aliphatic carbocycles. The molecule has 8 nitrogen and oxygen atoms in total. The number of hydrogen-bond acceptors (Lipinski definition) is 6. The molecule has 0 spiro atoms. The number of carbonyl (C=O) groups excluding carboxylic acids is 1. The van der Waals surface area contributed by atoms with E-state index >= 15 is 0 Å². The zero-order chi connectivity index (χ0) is 13.0. The molecule has 0 heterocycles. The number of carbonyl (C=O) groups is 2. The lowest BCUT2D eigenvalue weighted by molar-refractivity contribution is -0.385. The Morgan fingerprint density at radius 2 is 2.18 bits per heavy atom. The van der Waals surface area contributed by atoms with Gasteiger partial charge in [0.2, 0.25) is 0 Å². The number of aromatic hydroxyl groups is 1. The summed E-state index contributed by atoms with van der Waals surface area (Å²) in [6, 6.07) is 1.96. The van der Waals surface area contributed by atoms with E-state index in [2.05, 4.69) is 4.74 Å². The normalized spacial score (nSPS) is 9.65. The number of aldehydes is 1. The molecular formula is C9H7NO7. The Morgan fingerprint density at radius 3 is 2.65 bits per heavy atom. The van der Waals surface area contributed by atoms with Crippen molar-refractivity contribution in [2.75, 3.05) is 6.61 Å². The number of nitro benzene ring substituents is 1. The summed E-state index contributed by atoms with van der Waals surface area (Å²) in [7, 11) is 0. The first kappa shape index (κ1) is 12.4. The number of carboxylic acids is 1. The van der Waals surface area contributed by atoms with Gasteiger partial charge in [-0.25, -0.2) is 4.79 Å². The molecule has 0 atom stereocenters. The molecule has 0 fully saturated rings. The third-order valence-corrected chi connectivity index (χ3v) is 1.82. The highest BCUT2D eigenvalue weighted by molar-refractivity contribution is 5.87. The van der Waals surface area contributed by atoms with Crippen molar-refractivity contribution in [1.82, 2.24) is 0 Å². The predicted octanol–water partition coefficient (Wildman–Crippen LogP) is 0.576. The highest BCUT2D eigenvalue weighted by Gasteiger charge is 2.21. The summed E-state index contributed by atoms with van der Waals surface area (Å²) in [6.45, 7) is -0.732. The first-order chi connectivity index (χ1) is 7.97. The van der Waals surface area contributed by atoms with Gasteiger partial charge in [-0.15, -0.1) is 0 Å². The Kier molecular flexibility index (Phi) is 3.60. The summed E-state index contributed by atoms with van der Waals surface area (Å²) in [6.07, 6.45) is 0.0983. The molecular weight excluding hydrogens is 234 g/mol. The maximum Gasteiger partial charge on any atom is 0.341 e. The lowest BCUT2D eigenvalue weighted by atomic mass is 10.1. The van der Waals surface area contributed by atoms with Crippen LogP contribution in [0.2, 0.25) is 0 Å². The number of nitro groups is 1. The van der Waals surface area contributed by atoms with Crippen LogP contribution in [0, 0.1) is 10.1 Å². The number of phenolic OH excluding ortho intramolecular Hbond substituents is 1. The van der Waals surface area contributed by atoms with Crippen LogP contribution in [-0.2, 0) is 4.79 Å². The molecule has 0 bridgehead atoms. The van der Waals surface area contributed by atoms with E-state index in [1.807, 2.05) is 0 Å². The van der Waals surface area contributed by atoms with Crippen molar-refractivity contribution in [2.24, 2.45) is 0 Å². The van der Waals surface area contributed by atoms with Crippen LogP contribution in [0.25, 0.3) is 0 Å². The van der Waals surface area contributed by atoms with Gasteiger partial charge in [0, 0.05) is 6.07 Å². The second-order valence-corrected chi connectivity index (χ2v) is 2.90. The molecule has 17 heavy (non-hydrogen) atoms. The van der Waals surface area contributed by atoms with Crippen LogP contribution in [0.1, 0.15) is 10.4 Å². The number of ether oxygens (including phenoxy) is 1. The largest absolute Gasteiger partial charge is 0.504 e. The fraction of sp³-hybridized carbons (Fsp3) is 0.111. The van der Waals surface area contributed by atoms with Crippen molar-refractivity contribution in [3.8, 4) is 11.5 Å². The summed E-state index contributed by atoms with van der Waals surface area (Å²) in [4.78, 5) is 30.5. The molecule has 0 aromatic heterocycles. The van der Waals surface area contributed by atoms with Crippen molar-refractivity contribution in [3.63, 3.8) is 0 Å². The van der Waals surface area contributed by atoms with Gasteiger partial charge >= 0.3 is 5.97 Å². The van der Waals surface area contributed by atoms with Gasteiger partial charge in [-0.05, 0) is 6.07 Å². The molecule has 2 N–H and O–H groups in total. The Labute approximate surface area is 94.2 Å². The fourth-order valence-corrected chi connectivity index (χ4v) is 1.11. The van der Waals surface area contributed by atoms with Gasteiger partial charge in [-0.1, -0.05) is 0 Å². The molecule has 0 radical (unpaired) electrons. The molecule has 90 valence electrons. The maximum atomic E-state index is 10.6. The van der Waals surface area contributed by atoms with Crippen LogP contribution >= 0.6 is 0 Å². The van der Waals surface area contributed by atoms with E-state index < -0.39 is 34.5 Å². The Morgan fingerprint density at radius 1 is 1.53 bits per heavy atom. The molecule has 1 aromatic carbocycles. The number of aliphatic carboxylic acids is 1. The number of benzene rings is 1. The molecule has 0 unspecified atom stereocenters. The van der Waals surface area contributed by atoms with Gasteiger partial charge < -0.3 is 14.9 Å². The number of nitrogens with zero attached hydrogens (tertiary/aromatic N) is 1. The number of hydrogen-bond donors (Lipinski definition) is 2. The Balaban J connectivity index is 3.15. The highest BCUT2D eigenvalue weighted by Crippen LogP contribution is 2.34. The van der Waals surface area contributed by atoms with Gasteiger partial charge in [0.15, 0.2) is 24.4 Å². The minimum Gasteiger partial charge on any atom is -0.504 e. The molecule has 0 saturated heterocycles. The van der Waals surface area contributed by atoms with Crippen LogP contribution < -0.4 is 4.74 Å². The summed E-state index contributed by atoms with van der Waals surface area (Å²) in [5, 5.41) is 28.3. The zero-order valence-electron chi connectivity index (χ0n) is 8.32. The predicted molar refractivity (Wildman–Crippen MR) is 53.3 cm³/mol. The van der Waals surface area contributed by atoms with Crippen molar-refractivity contribution in [2.45, 2.75) is 0 Å². The molecule has 8 heteroatoms. The number of phenols is 1. The molecule has 0 saturated carbocycles. The summed E-state index contributed by atoms with van der Waals surface area (Å²) >= 11 is 0. The number of carboxylic acid groups (broad SMARTS) is 1. The lowest BCUT2D eigenvalue weighted by Crippen LogP contribution is -2.10. The van der Waals surface area contributed by atoms with Gasteiger partial charge in [0.25, 0.3) is 5.69 Å². The third-order valence-electron chi connectivity index (χ3n) is 1.82. The summed E-state index contributed by atoms with van der Waals surface area (Å²) in [5.41, 5.74) is -1.14. The van der Waals surface area contributed by atoms with Crippen LogP contribution in [0.5, 0.6) is 11.5 Å². The second-order valence-electron chi connectivity index (χ2n) is 2.90. The van der Waals surface area contributed by atoms with E-state index in [-0.39, 0.29) is 12.0 Å². The van der Waals surface area contributed by atoms with E-state index in [9.17, 15) is 24.8 Å². The minimum atomic E-state index is -1.28. The summed E-state index contributed by atoms with van der Waals surface area (Å²) in [5.74, 6) is -2.34.